The van der Waals surface area contributed by atoms with E-state index in [2.05, 4.69) is 21.3 Å². The molecule has 36 heavy (non-hydrogen) atoms. The summed E-state index contributed by atoms with van der Waals surface area (Å²) in [5.41, 5.74) is 16.3. The van der Waals surface area contributed by atoms with Gasteiger partial charge in [-0.25, -0.2) is 0 Å². The summed E-state index contributed by atoms with van der Waals surface area (Å²) in [6.45, 7) is 3.60. The summed E-state index contributed by atoms with van der Waals surface area (Å²) in [6.07, 6.45) is 4.08. The Hall–Kier alpha value is -2.61. The predicted octanol–water partition coefficient (Wildman–Crippen LogP) is -2.62. The number of nitrogens with two attached hydrogens (primary N) is 3. The number of amides is 4. The van der Waals surface area contributed by atoms with Gasteiger partial charge in [-0.15, -0.1) is 0 Å². The highest BCUT2D eigenvalue weighted by Crippen LogP contribution is 2.08. The maximum Gasteiger partial charge on any atom is 0.245 e. The van der Waals surface area contributed by atoms with Gasteiger partial charge in [-0.1, -0.05) is 13.8 Å². The van der Waals surface area contributed by atoms with Gasteiger partial charge >= 0.3 is 0 Å². The lowest BCUT2D eigenvalue weighted by Gasteiger charge is -2.26. The van der Waals surface area contributed by atoms with E-state index in [1.165, 1.54) is 0 Å². The van der Waals surface area contributed by atoms with E-state index in [4.69, 9.17) is 17.2 Å². The lowest BCUT2D eigenvalue weighted by atomic mass is 10.0. The first-order chi connectivity index (χ1) is 17.1. The summed E-state index contributed by atoms with van der Waals surface area (Å²) < 4.78 is 0. The predicted molar refractivity (Wildman–Crippen MR) is 135 cm³/mol. The maximum atomic E-state index is 13.0. The molecule has 0 fully saturated rings. The first kappa shape index (κ1) is 33.4. The van der Waals surface area contributed by atoms with E-state index < -0.39 is 54.4 Å². The minimum atomic E-state index is -1.32. The number of unbranched alkanes of at least 4 members (excludes halogenated alkanes) is 2. The molecule has 0 rings (SSSR count). The molecule has 11 N–H and O–H groups in total. The molecular weight excluding hydrogens is 470 g/mol. The molecule has 0 aliphatic heterocycles. The summed E-state index contributed by atoms with van der Waals surface area (Å²) in [7, 11) is 0. The third-order valence-electron chi connectivity index (χ3n) is 5.40. The molecule has 0 aliphatic rings. The molecule has 0 bridgehead atoms. The lowest BCUT2D eigenvalue weighted by Crippen LogP contribution is -2.58. The van der Waals surface area contributed by atoms with Crippen molar-refractivity contribution in [3.8, 4) is 0 Å². The van der Waals surface area contributed by atoms with Crippen LogP contribution in [0.2, 0.25) is 0 Å². The fourth-order valence-electron chi connectivity index (χ4n) is 3.42. The molecule has 0 saturated carbocycles. The zero-order valence-electron chi connectivity index (χ0n) is 21.5. The van der Waals surface area contributed by atoms with E-state index in [0.29, 0.717) is 57.9 Å². The van der Waals surface area contributed by atoms with Crippen molar-refractivity contribution in [1.29, 1.82) is 0 Å². The Kier molecular flexibility index (Phi) is 18.1. The molecule has 0 saturated heterocycles. The van der Waals surface area contributed by atoms with Crippen molar-refractivity contribution in [3.63, 3.8) is 0 Å². The van der Waals surface area contributed by atoms with Crippen LogP contribution >= 0.6 is 0 Å². The van der Waals surface area contributed by atoms with Crippen molar-refractivity contribution in [2.24, 2.45) is 23.1 Å². The number of aliphatic hydroxyl groups is 1. The summed E-state index contributed by atoms with van der Waals surface area (Å²) in [4.78, 5) is 61.6. The van der Waals surface area contributed by atoms with E-state index in [1.807, 2.05) is 13.8 Å². The zero-order valence-corrected chi connectivity index (χ0v) is 21.5. The third kappa shape index (κ3) is 14.1. The van der Waals surface area contributed by atoms with Crippen LogP contribution in [0, 0.1) is 5.92 Å². The molecule has 0 spiro atoms. The molecule has 0 aliphatic carbocycles. The minimum Gasteiger partial charge on any atom is -0.394 e. The van der Waals surface area contributed by atoms with Crippen molar-refractivity contribution >= 4 is 29.9 Å². The Morgan fingerprint density at radius 2 is 1.28 bits per heavy atom. The fraction of sp³-hybridized carbons (Fsp3) is 0.783. The number of nitrogens with one attached hydrogen (secondary N) is 4. The highest BCUT2D eigenvalue weighted by molar-refractivity contribution is 5.94. The number of rotatable bonds is 20. The first-order valence-corrected chi connectivity index (χ1v) is 12.5. The minimum absolute atomic E-state index is 0.00114. The van der Waals surface area contributed by atoms with Gasteiger partial charge in [-0.05, 0) is 64.0 Å². The Morgan fingerprint density at radius 1 is 0.750 bits per heavy atom. The molecule has 0 radical (unpaired) electrons. The second-order valence-electron chi connectivity index (χ2n) is 9.08. The maximum absolute atomic E-state index is 13.0. The topological polar surface area (TPSA) is 232 Å². The molecule has 4 amide bonds. The SMILES string of the molecule is CC(C)C[C@H](NC(=O)[C@H](CCCCN)NC(=O)CN)C(=O)N[C@@H](CO)C(=O)N[C@H](C=O)CCCCN. The van der Waals surface area contributed by atoms with Gasteiger partial charge in [0, 0.05) is 0 Å². The molecular formula is C23H45N7O6. The van der Waals surface area contributed by atoms with Crippen LogP contribution in [0.25, 0.3) is 0 Å². The average Bonchev–Trinajstić information content (AvgIpc) is 2.84. The van der Waals surface area contributed by atoms with Crippen LogP contribution in [0.3, 0.4) is 0 Å². The summed E-state index contributed by atoms with van der Waals surface area (Å²) in [6, 6.07) is -4.04. The highest BCUT2D eigenvalue weighted by atomic mass is 16.3. The van der Waals surface area contributed by atoms with E-state index in [9.17, 15) is 29.1 Å². The standard InChI is InChI=1S/C23H45N7O6/c1-15(2)11-18(29-21(34)17(8-4-6-10-25)28-20(33)12-26)22(35)30-19(14-32)23(36)27-16(13-31)7-3-5-9-24/h13,15-19,32H,3-12,14,24-26H2,1-2H3,(H,27,36)(H,28,33)(H,29,34)(H,30,35)/t16-,17-,18-,19-/m0/s1. The Morgan fingerprint density at radius 3 is 1.78 bits per heavy atom. The Labute approximate surface area is 213 Å². The Balaban J connectivity index is 5.35. The highest BCUT2D eigenvalue weighted by Gasteiger charge is 2.30. The monoisotopic (exact) mass is 515 g/mol. The van der Waals surface area contributed by atoms with Crippen LogP contribution < -0.4 is 38.5 Å². The van der Waals surface area contributed by atoms with Gasteiger partial charge in [0.25, 0.3) is 0 Å². The second-order valence-corrected chi connectivity index (χ2v) is 9.08. The smallest absolute Gasteiger partial charge is 0.245 e. The molecule has 0 aromatic heterocycles. The van der Waals surface area contributed by atoms with Crippen molar-refractivity contribution in [2.75, 3.05) is 26.2 Å². The fourth-order valence-corrected chi connectivity index (χ4v) is 3.42. The molecule has 208 valence electrons. The van der Waals surface area contributed by atoms with Crippen molar-refractivity contribution < 1.29 is 29.1 Å². The van der Waals surface area contributed by atoms with Gasteiger partial charge in [0.2, 0.25) is 23.6 Å². The Bertz CT molecular complexity index is 692. The largest absolute Gasteiger partial charge is 0.394 e. The third-order valence-corrected chi connectivity index (χ3v) is 5.40. The van der Waals surface area contributed by atoms with Crippen molar-refractivity contribution in [1.82, 2.24) is 21.3 Å². The van der Waals surface area contributed by atoms with E-state index in [0.717, 1.165) is 0 Å². The molecule has 0 heterocycles. The first-order valence-electron chi connectivity index (χ1n) is 12.5. The number of carbonyl (C=O) groups excluding carboxylic acids is 5. The molecule has 13 heteroatoms. The number of carbonyl (C=O) groups is 5. The molecule has 4 atom stereocenters. The van der Waals surface area contributed by atoms with Crippen LogP contribution in [0.5, 0.6) is 0 Å². The number of aldehydes is 1. The number of hydrogen-bond acceptors (Lipinski definition) is 9. The van der Waals surface area contributed by atoms with E-state index in [1.54, 1.807) is 0 Å². The van der Waals surface area contributed by atoms with Gasteiger partial charge in [0.1, 0.15) is 24.4 Å². The van der Waals surface area contributed by atoms with Gasteiger partial charge in [-0.3, -0.25) is 19.2 Å². The normalized spacial score (nSPS) is 14.3. The van der Waals surface area contributed by atoms with Crippen LogP contribution in [-0.2, 0) is 24.0 Å². The summed E-state index contributed by atoms with van der Waals surface area (Å²) in [5, 5.41) is 19.8. The number of hydrogen-bond donors (Lipinski definition) is 8. The zero-order chi connectivity index (χ0) is 27.5. The van der Waals surface area contributed by atoms with Crippen LogP contribution in [-0.4, -0.2) is 85.4 Å². The second kappa shape index (κ2) is 19.6. The molecule has 0 aromatic carbocycles. The molecule has 0 unspecified atom stereocenters. The van der Waals surface area contributed by atoms with Crippen molar-refractivity contribution in [2.45, 2.75) is 83.0 Å². The van der Waals surface area contributed by atoms with Crippen LogP contribution in [0.15, 0.2) is 0 Å². The van der Waals surface area contributed by atoms with Crippen LogP contribution in [0.1, 0.15) is 58.8 Å². The molecule has 13 nitrogen and oxygen atoms in total. The van der Waals surface area contributed by atoms with Gasteiger partial charge in [0.15, 0.2) is 0 Å². The lowest BCUT2D eigenvalue weighted by molar-refractivity contribution is -0.134. The van der Waals surface area contributed by atoms with Crippen molar-refractivity contribution in [3.05, 3.63) is 0 Å². The van der Waals surface area contributed by atoms with Gasteiger partial charge in [-0.2, -0.15) is 0 Å². The van der Waals surface area contributed by atoms with E-state index in [-0.39, 0.29) is 18.9 Å². The quantitative estimate of drug-likeness (QED) is 0.0625. The number of aliphatic hydroxyl groups excluding tert-OH is 1. The van der Waals surface area contributed by atoms with Gasteiger partial charge < -0.3 is 48.4 Å². The van der Waals surface area contributed by atoms with Gasteiger partial charge in [0.05, 0.1) is 19.2 Å². The summed E-state index contributed by atoms with van der Waals surface area (Å²) >= 11 is 0. The molecule has 0 aromatic rings. The average molecular weight is 516 g/mol. The summed E-state index contributed by atoms with van der Waals surface area (Å²) in [5.74, 6) is -2.48. The van der Waals surface area contributed by atoms with Crippen LogP contribution in [0.4, 0.5) is 0 Å². The van der Waals surface area contributed by atoms with E-state index >= 15 is 0 Å².